The minimum absolute atomic E-state index is 0.195. The molecule has 0 saturated carbocycles. The van der Waals surface area contributed by atoms with E-state index in [1.807, 2.05) is 48.5 Å². The summed E-state index contributed by atoms with van der Waals surface area (Å²) in [6.07, 6.45) is 0. The maximum atomic E-state index is 5.62. The minimum atomic E-state index is 0.195. The maximum Gasteiger partial charge on any atom is 0.188 e. The number of rotatable bonds is 5. The second kappa shape index (κ2) is 6.07. The Hall–Kier alpha value is -2.00. The Labute approximate surface area is 107 Å². The molecule has 0 aliphatic heterocycles. The first-order chi connectivity index (χ1) is 8.86. The van der Waals surface area contributed by atoms with Gasteiger partial charge in [0.15, 0.2) is 18.3 Å². The van der Waals surface area contributed by atoms with Gasteiger partial charge in [-0.1, -0.05) is 42.5 Å². The molecule has 0 bridgehead atoms. The van der Waals surface area contributed by atoms with Crippen LogP contribution in [0.15, 0.2) is 48.5 Å². The Morgan fingerprint density at radius 3 is 2.33 bits per heavy atom. The fourth-order valence-electron chi connectivity index (χ4n) is 1.79. The zero-order valence-electron chi connectivity index (χ0n) is 10.6. The van der Waals surface area contributed by atoms with E-state index in [1.165, 1.54) is 0 Å². The third-order valence-corrected chi connectivity index (χ3v) is 2.60. The zero-order chi connectivity index (χ0) is 12.8. The van der Waals surface area contributed by atoms with Gasteiger partial charge in [-0.2, -0.15) is 0 Å². The molecule has 94 valence electrons. The standard InChI is InChI=1S/C15H16O3/c1-16-11-18-15-13(9-6-10-14(15)17-2)12-7-4-3-5-8-12/h3-10H,11H2,1-2H3. The van der Waals surface area contributed by atoms with Gasteiger partial charge in [0.05, 0.1) is 7.11 Å². The van der Waals surface area contributed by atoms with Gasteiger partial charge in [0, 0.05) is 12.7 Å². The highest BCUT2D eigenvalue weighted by Crippen LogP contribution is 2.37. The third-order valence-electron chi connectivity index (χ3n) is 2.60. The van der Waals surface area contributed by atoms with Crippen LogP contribution in [-0.4, -0.2) is 21.0 Å². The summed E-state index contributed by atoms with van der Waals surface area (Å²) in [5, 5.41) is 0. The molecule has 0 heterocycles. The van der Waals surface area contributed by atoms with Crippen molar-refractivity contribution in [3.05, 3.63) is 48.5 Å². The van der Waals surface area contributed by atoms with E-state index in [9.17, 15) is 0 Å². The third kappa shape index (κ3) is 2.63. The molecule has 0 N–H and O–H groups in total. The molecule has 3 heteroatoms. The molecule has 2 rings (SSSR count). The quantitative estimate of drug-likeness (QED) is 0.755. The van der Waals surface area contributed by atoms with Gasteiger partial charge >= 0.3 is 0 Å². The summed E-state index contributed by atoms with van der Waals surface area (Å²) in [4.78, 5) is 0. The van der Waals surface area contributed by atoms with Crippen molar-refractivity contribution in [2.45, 2.75) is 0 Å². The molecule has 0 unspecified atom stereocenters. The van der Waals surface area contributed by atoms with Crippen molar-refractivity contribution >= 4 is 0 Å². The fraction of sp³-hybridized carbons (Fsp3) is 0.200. The summed E-state index contributed by atoms with van der Waals surface area (Å²) < 4.78 is 15.9. The zero-order valence-corrected chi connectivity index (χ0v) is 10.6. The van der Waals surface area contributed by atoms with Crippen molar-refractivity contribution in [1.29, 1.82) is 0 Å². The van der Waals surface area contributed by atoms with Crippen LogP contribution in [0, 0.1) is 0 Å². The van der Waals surface area contributed by atoms with Gasteiger partial charge in [0.2, 0.25) is 0 Å². The largest absolute Gasteiger partial charge is 0.493 e. The average Bonchev–Trinajstić information content (AvgIpc) is 2.45. The van der Waals surface area contributed by atoms with E-state index in [0.717, 1.165) is 11.1 Å². The predicted octanol–water partition coefficient (Wildman–Crippen LogP) is 3.34. The lowest BCUT2D eigenvalue weighted by Gasteiger charge is -2.14. The summed E-state index contributed by atoms with van der Waals surface area (Å²) in [6.45, 7) is 0.195. The predicted molar refractivity (Wildman–Crippen MR) is 70.9 cm³/mol. The molecule has 0 spiro atoms. The van der Waals surface area contributed by atoms with Crippen LogP contribution in [0.2, 0.25) is 0 Å². The van der Waals surface area contributed by atoms with Crippen LogP contribution < -0.4 is 9.47 Å². The summed E-state index contributed by atoms with van der Waals surface area (Å²) in [6, 6.07) is 15.9. The number of methoxy groups -OCH3 is 2. The van der Waals surface area contributed by atoms with Crippen LogP contribution in [0.1, 0.15) is 0 Å². The highest BCUT2D eigenvalue weighted by molar-refractivity contribution is 5.73. The van der Waals surface area contributed by atoms with E-state index >= 15 is 0 Å². The van der Waals surface area contributed by atoms with Crippen molar-refractivity contribution in [2.75, 3.05) is 21.0 Å². The maximum absolute atomic E-state index is 5.62. The van der Waals surface area contributed by atoms with E-state index in [2.05, 4.69) is 0 Å². The van der Waals surface area contributed by atoms with E-state index < -0.39 is 0 Å². The molecule has 3 nitrogen and oxygen atoms in total. The molecule has 0 fully saturated rings. The normalized spacial score (nSPS) is 10.1. The summed E-state index contributed by atoms with van der Waals surface area (Å²) in [5.74, 6) is 1.40. The van der Waals surface area contributed by atoms with Crippen LogP contribution in [0.5, 0.6) is 11.5 Å². The molecule has 0 saturated heterocycles. The van der Waals surface area contributed by atoms with Crippen LogP contribution in [0.3, 0.4) is 0 Å². The minimum Gasteiger partial charge on any atom is -0.493 e. The van der Waals surface area contributed by atoms with Gasteiger partial charge in [-0.15, -0.1) is 0 Å². The molecule has 18 heavy (non-hydrogen) atoms. The average molecular weight is 244 g/mol. The van der Waals surface area contributed by atoms with Gasteiger partial charge in [0.1, 0.15) is 0 Å². The highest BCUT2D eigenvalue weighted by Gasteiger charge is 2.11. The monoisotopic (exact) mass is 244 g/mol. The smallest absolute Gasteiger partial charge is 0.188 e. The molecule has 0 aliphatic carbocycles. The topological polar surface area (TPSA) is 27.7 Å². The molecular weight excluding hydrogens is 228 g/mol. The first kappa shape index (κ1) is 12.5. The lowest BCUT2D eigenvalue weighted by atomic mass is 10.0. The van der Waals surface area contributed by atoms with E-state index in [-0.39, 0.29) is 6.79 Å². The highest BCUT2D eigenvalue weighted by atomic mass is 16.7. The van der Waals surface area contributed by atoms with Crippen molar-refractivity contribution < 1.29 is 14.2 Å². The van der Waals surface area contributed by atoms with Crippen LogP contribution >= 0.6 is 0 Å². The van der Waals surface area contributed by atoms with Gasteiger partial charge in [0.25, 0.3) is 0 Å². The Balaban J connectivity index is 2.45. The van der Waals surface area contributed by atoms with Crippen LogP contribution in [0.4, 0.5) is 0 Å². The number of para-hydroxylation sites is 1. The molecule has 0 radical (unpaired) electrons. The van der Waals surface area contributed by atoms with Crippen molar-refractivity contribution in [2.24, 2.45) is 0 Å². The van der Waals surface area contributed by atoms with E-state index in [4.69, 9.17) is 14.2 Å². The Morgan fingerprint density at radius 1 is 0.889 bits per heavy atom. The van der Waals surface area contributed by atoms with Gasteiger partial charge < -0.3 is 14.2 Å². The van der Waals surface area contributed by atoms with Crippen molar-refractivity contribution in [3.8, 4) is 22.6 Å². The van der Waals surface area contributed by atoms with Crippen LogP contribution in [-0.2, 0) is 4.74 Å². The molecule has 0 aromatic heterocycles. The summed E-state index contributed by atoms with van der Waals surface area (Å²) >= 11 is 0. The summed E-state index contributed by atoms with van der Waals surface area (Å²) in [5.41, 5.74) is 2.08. The molecule has 0 aliphatic rings. The number of hydrogen-bond donors (Lipinski definition) is 0. The fourth-order valence-corrected chi connectivity index (χ4v) is 1.79. The Morgan fingerprint density at radius 2 is 1.67 bits per heavy atom. The Bertz CT molecular complexity index is 494. The Kier molecular flexibility index (Phi) is 4.20. The molecule has 0 atom stereocenters. The second-order valence-electron chi connectivity index (χ2n) is 3.75. The first-order valence-electron chi connectivity index (χ1n) is 5.71. The molecule has 2 aromatic rings. The number of benzene rings is 2. The molecular formula is C15H16O3. The lowest BCUT2D eigenvalue weighted by Crippen LogP contribution is -2.02. The SMILES string of the molecule is COCOc1c(OC)cccc1-c1ccccc1. The number of ether oxygens (including phenoxy) is 3. The number of hydrogen-bond acceptors (Lipinski definition) is 3. The van der Waals surface area contributed by atoms with Gasteiger partial charge in [-0.05, 0) is 11.6 Å². The molecule has 0 amide bonds. The van der Waals surface area contributed by atoms with Gasteiger partial charge in [-0.3, -0.25) is 0 Å². The second-order valence-corrected chi connectivity index (χ2v) is 3.75. The van der Waals surface area contributed by atoms with Crippen molar-refractivity contribution in [3.63, 3.8) is 0 Å². The lowest BCUT2D eigenvalue weighted by molar-refractivity contribution is 0.0496. The van der Waals surface area contributed by atoms with E-state index in [0.29, 0.717) is 11.5 Å². The first-order valence-corrected chi connectivity index (χ1v) is 5.71. The molecule has 2 aromatic carbocycles. The van der Waals surface area contributed by atoms with Gasteiger partial charge in [-0.25, -0.2) is 0 Å². The summed E-state index contributed by atoms with van der Waals surface area (Å²) in [7, 11) is 3.22. The van der Waals surface area contributed by atoms with Crippen molar-refractivity contribution in [1.82, 2.24) is 0 Å². The van der Waals surface area contributed by atoms with E-state index in [1.54, 1.807) is 14.2 Å². The van der Waals surface area contributed by atoms with Crippen LogP contribution in [0.25, 0.3) is 11.1 Å².